The average Bonchev–Trinajstić information content (AvgIpc) is 2.91. The van der Waals surface area contributed by atoms with Gasteiger partial charge in [0.2, 0.25) is 0 Å². The van der Waals surface area contributed by atoms with Gasteiger partial charge in [-0.05, 0) is 32.0 Å². The van der Waals surface area contributed by atoms with Gasteiger partial charge in [0.25, 0.3) is 0 Å². The van der Waals surface area contributed by atoms with Crippen molar-refractivity contribution in [3.63, 3.8) is 0 Å². The second-order valence-corrected chi connectivity index (χ2v) is 5.07. The van der Waals surface area contributed by atoms with E-state index in [1.165, 1.54) is 0 Å². The zero-order valence-corrected chi connectivity index (χ0v) is 11.5. The number of hydrogen-bond donors (Lipinski definition) is 3. The third-order valence-electron chi connectivity index (χ3n) is 3.51. The molecule has 1 heterocycles. The molecule has 0 saturated carbocycles. The fraction of sp³-hybridized carbons (Fsp3) is 0.188. The molecule has 4 heteroatoms. The van der Waals surface area contributed by atoms with Crippen molar-refractivity contribution in [2.45, 2.75) is 19.9 Å². The number of aromatic hydroxyl groups is 1. The second kappa shape index (κ2) is 4.89. The minimum atomic E-state index is 0.00963. The van der Waals surface area contributed by atoms with Crippen LogP contribution < -0.4 is 5.32 Å². The largest absolute Gasteiger partial charge is 0.508 e. The molecule has 3 rings (SSSR count). The minimum absolute atomic E-state index is 0.00963. The van der Waals surface area contributed by atoms with Gasteiger partial charge in [0, 0.05) is 16.6 Å². The molecule has 0 saturated heterocycles. The molecule has 0 aliphatic rings. The lowest BCUT2D eigenvalue weighted by Gasteiger charge is -2.18. The maximum absolute atomic E-state index is 10.00. The number of H-pyrrole nitrogens is 1. The molecule has 0 fully saturated rings. The molecule has 1 atom stereocenters. The molecule has 1 aromatic heterocycles. The number of anilines is 1. The van der Waals surface area contributed by atoms with Crippen LogP contribution in [0.25, 0.3) is 10.9 Å². The Hall–Kier alpha value is -2.49. The number of hydrogen-bond acceptors (Lipinski definition) is 3. The Balaban J connectivity index is 1.94. The van der Waals surface area contributed by atoms with Crippen molar-refractivity contribution in [3.8, 4) is 5.75 Å². The molecule has 0 spiro atoms. The Morgan fingerprint density at radius 2 is 2.10 bits per heavy atom. The van der Waals surface area contributed by atoms with Crippen molar-refractivity contribution < 1.29 is 5.11 Å². The molecule has 0 aliphatic carbocycles. The van der Waals surface area contributed by atoms with Gasteiger partial charge in [-0.3, -0.25) is 5.10 Å². The summed E-state index contributed by atoms with van der Waals surface area (Å²) < 4.78 is 0. The third-order valence-corrected chi connectivity index (χ3v) is 3.51. The van der Waals surface area contributed by atoms with Crippen LogP contribution in [0.1, 0.15) is 24.1 Å². The Morgan fingerprint density at radius 3 is 2.95 bits per heavy atom. The monoisotopic (exact) mass is 267 g/mol. The number of aryl methyl sites for hydroxylation is 1. The number of phenols is 1. The van der Waals surface area contributed by atoms with Gasteiger partial charge >= 0.3 is 0 Å². The molecule has 1 unspecified atom stereocenters. The van der Waals surface area contributed by atoms with E-state index < -0.39 is 0 Å². The number of fused-ring (bicyclic) bond motifs is 1. The summed E-state index contributed by atoms with van der Waals surface area (Å²) in [5.41, 5.74) is 4.03. The van der Waals surface area contributed by atoms with Crippen LogP contribution in [0.15, 0.2) is 42.6 Å². The van der Waals surface area contributed by atoms with Crippen LogP contribution in [-0.4, -0.2) is 15.3 Å². The summed E-state index contributed by atoms with van der Waals surface area (Å²) >= 11 is 0. The summed E-state index contributed by atoms with van der Waals surface area (Å²) in [6.45, 7) is 4.06. The average molecular weight is 267 g/mol. The molecular formula is C16H17N3O. The van der Waals surface area contributed by atoms with Crippen LogP contribution in [0, 0.1) is 6.92 Å². The SMILES string of the molecule is Cc1ccc(O)c(C(C)Nc2cccc3[nH]ncc23)c1. The first-order chi connectivity index (χ1) is 9.65. The van der Waals surface area contributed by atoms with Crippen LogP contribution in [0.5, 0.6) is 5.75 Å². The quantitative estimate of drug-likeness (QED) is 0.677. The maximum Gasteiger partial charge on any atom is 0.120 e. The predicted molar refractivity (Wildman–Crippen MR) is 81.0 cm³/mol. The molecule has 3 N–H and O–H groups in total. The maximum atomic E-state index is 10.00. The highest BCUT2D eigenvalue weighted by molar-refractivity contribution is 5.91. The van der Waals surface area contributed by atoms with Gasteiger partial charge in [0.15, 0.2) is 0 Å². The smallest absolute Gasteiger partial charge is 0.120 e. The van der Waals surface area contributed by atoms with Crippen molar-refractivity contribution >= 4 is 16.6 Å². The minimum Gasteiger partial charge on any atom is -0.508 e. The van der Waals surface area contributed by atoms with E-state index in [-0.39, 0.29) is 6.04 Å². The van der Waals surface area contributed by atoms with Crippen LogP contribution in [-0.2, 0) is 0 Å². The van der Waals surface area contributed by atoms with Crippen molar-refractivity contribution in [2.24, 2.45) is 0 Å². The summed E-state index contributed by atoms with van der Waals surface area (Å²) in [4.78, 5) is 0. The Labute approximate surface area is 117 Å². The summed E-state index contributed by atoms with van der Waals surface area (Å²) in [6, 6.07) is 11.6. The number of aromatic nitrogens is 2. The zero-order valence-electron chi connectivity index (χ0n) is 11.5. The Kier molecular flexibility index (Phi) is 3.06. The van der Waals surface area contributed by atoms with Crippen LogP contribution >= 0.6 is 0 Å². The van der Waals surface area contributed by atoms with Gasteiger partial charge in [-0.2, -0.15) is 5.10 Å². The van der Waals surface area contributed by atoms with Crippen molar-refractivity contribution in [2.75, 3.05) is 5.32 Å². The molecule has 0 aliphatic heterocycles. The van der Waals surface area contributed by atoms with Crippen LogP contribution in [0.4, 0.5) is 5.69 Å². The highest BCUT2D eigenvalue weighted by Gasteiger charge is 2.12. The first-order valence-electron chi connectivity index (χ1n) is 6.63. The lowest BCUT2D eigenvalue weighted by molar-refractivity contribution is 0.465. The number of benzene rings is 2. The lowest BCUT2D eigenvalue weighted by Crippen LogP contribution is -2.07. The van der Waals surface area contributed by atoms with E-state index in [9.17, 15) is 5.11 Å². The number of nitrogens with one attached hydrogen (secondary N) is 2. The summed E-state index contributed by atoms with van der Waals surface area (Å²) in [6.07, 6.45) is 1.81. The van der Waals surface area contributed by atoms with Gasteiger partial charge in [-0.1, -0.05) is 23.8 Å². The van der Waals surface area contributed by atoms with Crippen molar-refractivity contribution in [1.29, 1.82) is 0 Å². The number of nitrogens with zero attached hydrogens (tertiary/aromatic N) is 1. The molecule has 0 amide bonds. The predicted octanol–water partition coefficient (Wildman–Crippen LogP) is 3.75. The van der Waals surface area contributed by atoms with E-state index in [0.717, 1.165) is 27.7 Å². The highest BCUT2D eigenvalue weighted by atomic mass is 16.3. The van der Waals surface area contributed by atoms with Crippen LogP contribution in [0.3, 0.4) is 0 Å². The second-order valence-electron chi connectivity index (χ2n) is 5.07. The third kappa shape index (κ3) is 2.20. The highest BCUT2D eigenvalue weighted by Crippen LogP contribution is 2.30. The molecule has 4 nitrogen and oxygen atoms in total. The van der Waals surface area contributed by atoms with Crippen molar-refractivity contribution in [1.82, 2.24) is 10.2 Å². The summed E-state index contributed by atoms with van der Waals surface area (Å²) in [5, 5.41) is 21.5. The van der Waals surface area contributed by atoms with Gasteiger partial charge in [-0.25, -0.2) is 0 Å². The van der Waals surface area contributed by atoms with E-state index >= 15 is 0 Å². The first kappa shape index (κ1) is 12.5. The first-order valence-corrected chi connectivity index (χ1v) is 6.63. The molecule has 0 radical (unpaired) electrons. The lowest BCUT2D eigenvalue weighted by atomic mass is 10.0. The van der Waals surface area contributed by atoms with E-state index in [1.54, 1.807) is 12.3 Å². The molecular weight excluding hydrogens is 250 g/mol. The number of aromatic amines is 1. The van der Waals surface area contributed by atoms with Gasteiger partial charge < -0.3 is 10.4 Å². The van der Waals surface area contributed by atoms with Gasteiger partial charge in [0.05, 0.1) is 17.8 Å². The van der Waals surface area contributed by atoms with Crippen molar-refractivity contribution in [3.05, 3.63) is 53.7 Å². The molecule has 20 heavy (non-hydrogen) atoms. The fourth-order valence-electron chi connectivity index (χ4n) is 2.43. The Morgan fingerprint density at radius 1 is 1.25 bits per heavy atom. The number of phenolic OH excluding ortho intramolecular Hbond substituents is 1. The van der Waals surface area contributed by atoms with Gasteiger partial charge in [0.1, 0.15) is 5.75 Å². The molecule has 0 bridgehead atoms. The topological polar surface area (TPSA) is 60.9 Å². The normalized spacial score (nSPS) is 12.5. The van der Waals surface area contributed by atoms with E-state index in [1.807, 2.05) is 44.2 Å². The summed E-state index contributed by atoms with van der Waals surface area (Å²) in [5.74, 6) is 0.315. The standard InChI is InChI=1S/C16H17N3O/c1-10-6-7-16(20)12(8-10)11(2)18-14-4-3-5-15-13(14)9-17-19-15/h3-9,11,18,20H,1-2H3,(H,17,19). The molecule has 2 aromatic carbocycles. The summed E-state index contributed by atoms with van der Waals surface area (Å²) in [7, 11) is 0. The van der Waals surface area contributed by atoms with E-state index in [2.05, 4.69) is 15.5 Å². The Bertz CT molecular complexity index is 748. The van der Waals surface area contributed by atoms with E-state index in [0.29, 0.717) is 5.75 Å². The molecule has 3 aromatic rings. The fourth-order valence-corrected chi connectivity index (χ4v) is 2.43. The van der Waals surface area contributed by atoms with Gasteiger partial charge in [-0.15, -0.1) is 0 Å². The number of rotatable bonds is 3. The molecule has 102 valence electrons. The van der Waals surface area contributed by atoms with E-state index in [4.69, 9.17) is 0 Å². The van der Waals surface area contributed by atoms with Crippen LogP contribution in [0.2, 0.25) is 0 Å². The zero-order chi connectivity index (χ0) is 14.1.